The number of para-hydroxylation sites is 1. The van der Waals surface area contributed by atoms with Gasteiger partial charge in [-0.05, 0) is 18.9 Å². The topological polar surface area (TPSA) is 99.7 Å². The maximum atomic E-state index is 13.2. The minimum atomic E-state index is -0.958. The van der Waals surface area contributed by atoms with Crippen molar-refractivity contribution in [2.75, 3.05) is 19.8 Å². The molecule has 0 unspecified atom stereocenters. The van der Waals surface area contributed by atoms with E-state index in [4.69, 9.17) is 9.84 Å². The predicted octanol–water partition coefficient (Wildman–Crippen LogP) is 1.62. The van der Waals surface area contributed by atoms with Gasteiger partial charge in [-0.15, -0.1) is 0 Å². The number of H-pyrrole nitrogens is 1. The quantitative estimate of drug-likeness (QED) is 0.859. The Kier molecular flexibility index (Phi) is 5.14. The molecule has 0 saturated carbocycles. The predicted molar refractivity (Wildman–Crippen MR) is 91.7 cm³/mol. The molecule has 1 fully saturated rings. The van der Waals surface area contributed by atoms with Gasteiger partial charge in [0.15, 0.2) is 0 Å². The van der Waals surface area contributed by atoms with Crippen LogP contribution < -0.4 is 5.56 Å². The summed E-state index contributed by atoms with van der Waals surface area (Å²) in [6.07, 6.45) is 1.18. The average Bonchev–Trinajstić information content (AvgIpc) is 2.61. The van der Waals surface area contributed by atoms with Crippen LogP contribution in [0.15, 0.2) is 35.1 Å². The van der Waals surface area contributed by atoms with Gasteiger partial charge in [0.05, 0.1) is 12.0 Å². The number of hydrogen-bond acceptors (Lipinski definition) is 4. The largest absolute Gasteiger partial charge is 0.481 e. The molecular formula is C18H20N2O5. The summed E-state index contributed by atoms with van der Waals surface area (Å²) in [6.45, 7) is 1.19. The molecule has 0 aliphatic carbocycles. The van der Waals surface area contributed by atoms with Crippen molar-refractivity contribution in [2.24, 2.45) is 0 Å². The van der Waals surface area contributed by atoms with Crippen LogP contribution in [0.3, 0.4) is 0 Å². The first-order valence-electron chi connectivity index (χ1n) is 8.29. The Labute approximate surface area is 144 Å². The summed E-state index contributed by atoms with van der Waals surface area (Å²) in [5, 5.41) is 9.66. The van der Waals surface area contributed by atoms with Crippen LogP contribution in [0.2, 0.25) is 0 Å². The molecule has 7 nitrogen and oxygen atoms in total. The number of nitrogens with one attached hydrogen (secondary N) is 1. The summed E-state index contributed by atoms with van der Waals surface area (Å²) in [6, 6.07) is 8.30. The number of ether oxygens (including phenoxy) is 1. The number of carbonyl (C=O) groups excluding carboxylic acids is 1. The molecule has 0 atom stereocenters. The summed E-state index contributed by atoms with van der Waals surface area (Å²) in [5.41, 5.74) is 0.534. The zero-order chi connectivity index (χ0) is 17.8. The van der Waals surface area contributed by atoms with Gasteiger partial charge in [0, 0.05) is 42.8 Å². The van der Waals surface area contributed by atoms with Crippen LogP contribution in [-0.2, 0) is 9.53 Å². The second-order valence-corrected chi connectivity index (χ2v) is 6.08. The lowest BCUT2D eigenvalue weighted by molar-refractivity contribution is -0.137. The Balaban J connectivity index is 1.99. The van der Waals surface area contributed by atoms with Crippen molar-refractivity contribution in [3.8, 4) is 0 Å². The van der Waals surface area contributed by atoms with Crippen molar-refractivity contribution < 1.29 is 19.4 Å². The molecule has 1 amide bonds. The molecule has 2 aromatic rings. The SMILES string of the molecule is O=C(O)CCN(C(=O)c1cc(=O)[nH]c2ccccc12)C1CCOCC1. The molecule has 2 N–H and O–H groups in total. The standard InChI is InChI=1S/C18H20N2O5/c21-16-11-14(13-3-1-2-4-15(13)19-16)18(24)20(8-5-17(22)23)12-6-9-25-10-7-12/h1-4,11-12H,5-10H2,(H,19,21)(H,22,23). The van der Waals surface area contributed by atoms with Crippen LogP contribution in [-0.4, -0.2) is 52.7 Å². The second-order valence-electron chi connectivity index (χ2n) is 6.08. The van der Waals surface area contributed by atoms with E-state index in [2.05, 4.69) is 4.98 Å². The number of hydrogen-bond donors (Lipinski definition) is 2. The van der Waals surface area contributed by atoms with E-state index < -0.39 is 5.97 Å². The van der Waals surface area contributed by atoms with Crippen molar-refractivity contribution in [3.63, 3.8) is 0 Å². The van der Waals surface area contributed by atoms with E-state index in [1.165, 1.54) is 6.07 Å². The first kappa shape index (κ1) is 17.2. The number of rotatable bonds is 5. The third-order valence-corrected chi connectivity index (χ3v) is 4.44. The third-order valence-electron chi connectivity index (χ3n) is 4.44. The molecule has 1 aromatic carbocycles. The highest BCUT2D eigenvalue weighted by atomic mass is 16.5. The van der Waals surface area contributed by atoms with Gasteiger partial charge in [0.1, 0.15) is 0 Å². The number of nitrogens with zero attached hydrogens (tertiary/aromatic N) is 1. The zero-order valence-electron chi connectivity index (χ0n) is 13.7. The summed E-state index contributed by atoms with van der Waals surface area (Å²) in [5.74, 6) is -1.27. The number of carboxylic acids is 1. The molecule has 2 heterocycles. The number of aliphatic carboxylic acids is 1. The van der Waals surface area contributed by atoms with Gasteiger partial charge in [-0.1, -0.05) is 18.2 Å². The molecule has 1 aliphatic rings. The van der Waals surface area contributed by atoms with E-state index in [0.29, 0.717) is 42.5 Å². The number of carboxylic acid groups (broad SMARTS) is 1. The van der Waals surface area contributed by atoms with Crippen molar-refractivity contribution in [3.05, 3.63) is 46.2 Å². The summed E-state index contributed by atoms with van der Waals surface area (Å²) < 4.78 is 5.34. The number of benzene rings is 1. The molecule has 1 aliphatic heterocycles. The monoisotopic (exact) mass is 344 g/mol. The molecule has 1 aromatic heterocycles. The fourth-order valence-electron chi connectivity index (χ4n) is 3.20. The van der Waals surface area contributed by atoms with E-state index in [1.54, 1.807) is 29.2 Å². The smallest absolute Gasteiger partial charge is 0.305 e. The molecule has 25 heavy (non-hydrogen) atoms. The zero-order valence-corrected chi connectivity index (χ0v) is 13.7. The van der Waals surface area contributed by atoms with E-state index in [0.717, 1.165) is 0 Å². The molecular weight excluding hydrogens is 324 g/mol. The lowest BCUT2D eigenvalue weighted by Crippen LogP contribution is -2.44. The third kappa shape index (κ3) is 3.88. The van der Waals surface area contributed by atoms with Gasteiger partial charge in [-0.2, -0.15) is 0 Å². The highest BCUT2D eigenvalue weighted by Gasteiger charge is 2.28. The van der Waals surface area contributed by atoms with Crippen molar-refractivity contribution in [2.45, 2.75) is 25.3 Å². The Morgan fingerprint density at radius 2 is 1.96 bits per heavy atom. The minimum absolute atomic E-state index is 0.0846. The normalized spacial score (nSPS) is 15.2. The van der Waals surface area contributed by atoms with Gasteiger partial charge in [0.2, 0.25) is 5.56 Å². The van der Waals surface area contributed by atoms with Crippen LogP contribution in [0.1, 0.15) is 29.6 Å². The Morgan fingerprint density at radius 1 is 1.24 bits per heavy atom. The van der Waals surface area contributed by atoms with Gasteiger partial charge < -0.3 is 19.7 Å². The van der Waals surface area contributed by atoms with Gasteiger partial charge in [0.25, 0.3) is 5.91 Å². The van der Waals surface area contributed by atoms with Crippen molar-refractivity contribution >= 4 is 22.8 Å². The first-order valence-corrected chi connectivity index (χ1v) is 8.29. The summed E-state index contributed by atoms with van der Waals surface area (Å²) in [4.78, 5) is 40.4. The molecule has 3 rings (SSSR count). The van der Waals surface area contributed by atoms with Crippen molar-refractivity contribution in [1.82, 2.24) is 9.88 Å². The van der Waals surface area contributed by atoms with Crippen LogP contribution in [0.25, 0.3) is 10.9 Å². The number of pyridine rings is 1. The van der Waals surface area contributed by atoms with E-state index in [9.17, 15) is 14.4 Å². The van der Waals surface area contributed by atoms with Gasteiger partial charge in [-0.3, -0.25) is 14.4 Å². The summed E-state index contributed by atoms with van der Waals surface area (Å²) in [7, 11) is 0. The van der Waals surface area contributed by atoms with Gasteiger partial charge >= 0.3 is 5.97 Å². The Morgan fingerprint density at radius 3 is 2.68 bits per heavy atom. The maximum absolute atomic E-state index is 13.2. The molecule has 0 spiro atoms. The van der Waals surface area contributed by atoms with Crippen LogP contribution >= 0.6 is 0 Å². The van der Waals surface area contributed by atoms with E-state index in [-0.39, 0.29) is 30.5 Å². The first-order chi connectivity index (χ1) is 12.1. The van der Waals surface area contributed by atoms with Crippen LogP contribution in [0.4, 0.5) is 0 Å². The fraction of sp³-hybridized carbons (Fsp3) is 0.389. The maximum Gasteiger partial charge on any atom is 0.305 e. The lowest BCUT2D eigenvalue weighted by Gasteiger charge is -2.34. The minimum Gasteiger partial charge on any atom is -0.481 e. The second kappa shape index (κ2) is 7.48. The molecule has 7 heteroatoms. The van der Waals surface area contributed by atoms with E-state index >= 15 is 0 Å². The van der Waals surface area contributed by atoms with Crippen LogP contribution in [0, 0.1) is 0 Å². The molecule has 132 valence electrons. The number of fused-ring (bicyclic) bond motifs is 1. The Bertz CT molecular complexity index is 839. The molecule has 0 bridgehead atoms. The summed E-state index contributed by atoms with van der Waals surface area (Å²) >= 11 is 0. The lowest BCUT2D eigenvalue weighted by atomic mass is 10.0. The van der Waals surface area contributed by atoms with E-state index in [1.807, 2.05) is 0 Å². The van der Waals surface area contributed by atoms with Crippen molar-refractivity contribution in [1.29, 1.82) is 0 Å². The number of aromatic nitrogens is 1. The molecule has 1 saturated heterocycles. The highest BCUT2D eigenvalue weighted by molar-refractivity contribution is 6.06. The highest BCUT2D eigenvalue weighted by Crippen LogP contribution is 2.21. The number of aromatic amines is 1. The fourth-order valence-corrected chi connectivity index (χ4v) is 3.20. The average molecular weight is 344 g/mol. The van der Waals surface area contributed by atoms with Gasteiger partial charge in [-0.25, -0.2) is 0 Å². The number of amides is 1. The number of carbonyl (C=O) groups is 2. The van der Waals surface area contributed by atoms with Crippen LogP contribution in [0.5, 0.6) is 0 Å². The molecule has 0 radical (unpaired) electrons. The Hall–Kier alpha value is -2.67.